The Morgan fingerprint density at radius 2 is 2.15 bits per heavy atom. The van der Waals surface area contributed by atoms with E-state index in [-0.39, 0.29) is 16.2 Å². The normalized spacial score (nSPS) is 11.7. The summed E-state index contributed by atoms with van der Waals surface area (Å²) in [5.41, 5.74) is 0.691. The van der Waals surface area contributed by atoms with Crippen molar-refractivity contribution in [2.45, 2.75) is 0 Å². The molecule has 0 amide bonds. The third kappa shape index (κ3) is 3.40. The first-order valence-electron chi connectivity index (χ1n) is 7.59. The Bertz CT molecular complexity index is 1280. The van der Waals surface area contributed by atoms with Gasteiger partial charge in [0.25, 0.3) is 0 Å². The van der Waals surface area contributed by atoms with Crippen molar-refractivity contribution in [3.05, 3.63) is 73.2 Å². The van der Waals surface area contributed by atoms with Crippen molar-refractivity contribution in [1.29, 1.82) is 5.26 Å². The lowest BCUT2D eigenvalue weighted by Gasteiger charge is -2.02. The van der Waals surface area contributed by atoms with Crippen LogP contribution in [0.5, 0.6) is 0 Å². The predicted molar refractivity (Wildman–Crippen MR) is 106 cm³/mol. The number of thiazole rings is 1. The molecule has 4 aromatic rings. The Morgan fingerprint density at radius 3 is 2.89 bits per heavy atom. The molecule has 5 nitrogen and oxygen atoms in total. The zero-order valence-electron chi connectivity index (χ0n) is 13.4. The molecule has 3 heterocycles. The van der Waals surface area contributed by atoms with Crippen LogP contribution in [0.15, 0.2) is 55.6 Å². The summed E-state index contributed by atoms with van der Waals surface area (Å²) in [5, 5.41) is 12.8. The van der Waals surface area contributed by atoms with Crippen molar-refractivity contribution < 1.29 is 8.83 Å². The smallest absolute Gasteiger partial charge is 0.345 e. The fraction of sp³-hybridized carbons (Fsp3) is 0. The molecule has 3 aromatic heterocycles. The van der Waals surface area contributed by atoms with E-state index >= 15 is 0 Å². The lowest BCUT2D eigenvalue weighted by atomic mass is 10.1. The molecule has 0 spiro atoms. The maximum atomic E-state index is 12.4. The van der Waals surface area contributed by atoms with Gasteiger partial charge in [-0.3, -0.25) is 0 Å². The number of benzene rings is 1. The Labute approximate surface area is 166 Å². The van der Waals surface area contributed by atoms with Gasteiger partial charge in [0, 0.05) is 21.9 Å². The maximum absolute atomic E-state index is 12.4. The quantitative estimate of drug-likeness (QED) is 0.308. The average molecular weight is 415 g/mol. The SMILES string of the molecule is N#CC(=Cc1ccco1)c1nc(-c2cc3cc(Cl)cc(Cl)c3oc2=O)cs1. The second-order valence-electron chi connectivity index (χ2n) is 5.48. The molecular weight excluding hydrogens is 407 g/mol. The molecule has 0 fully saturated rings. The summed E-state index contributed by atoms with van der Waals surface area (Å²) in [6.07, 6.45) is 3.11. The van der Waals surface area contributed by atoms with E-state index in [2.05, 4.69) is 11.1 Å². The molecule has 8 heteroatoms. The van der Waals surface area contributed by atoms with Crippen LogP contribution in [0.25, 0.3) is 33.9 Å². The van der Waals surface area contributed by atoms with Crippen molar-refractivity contribution in [3.8, 4) is 17.3 Å². The van der Waals surface area contributed by atoms with Crippen molar-refractivity contribution in [2.75, 3.05) is 0 Å². The van der Waals surface area contributed by atoms with Crippen LogP contribution in [0, 0.1) is 11.3 Å². The monoisotopic (exact) mass is 414 g/mol. The van der Waals surface area contributed by atoms with E-state index in [0.29, 0.717) is 32.4 Å². The minimum absolute atomic E-state index is 0.258. The van der Waals surface area contributed by atoms with Crippen molar-refractivity contribution >= 4 is 57.2 Å². The highest BCUT2D eigenvalue weighted by molar-refractivity contribution is 7.11. The Morgan fingerprint density at radius 1 is 1.30 bits per heavy atom. The molecule has 0 saturated heterocycles. The minimum atomic E-state index is -0.572. The number of hydrogen-bond donors (Lipinski definition) is 0. The van der Waals surface area contributed by atoms with Crippen LogP contribution in [0.4, 0.5) is 0 Å². The average Bonchev–Trinajstić information content (AvgIpc) is 3.31. The van der Waals surface area contributed by atoms with Gasteiger partial charge in [-0.05, 0) is 30.3 Å². The number of rotatable bonds is 3. The molecule has 0 radical (unpaired) electrons. The van der Waals surface area contributed by atoms with Crippen LogP contribution in [0.2, 0.25) is 10.0 Å². The molecule has 0 atom stereocenters. The van der Waals surface area contributed by atoms with Crippen LogP contribution in [0.3, 0.4) is 0 Å². The number of nitrogens with zero attached hydrogens (tertiary/aromatic N) is 2. The topological polar surface area (TPSA) is 80.0 Å². The van der Waals surface area contributed by atoms with Crippen LogP contribution in [0.1, 0.15) is 10.8 Å². The lowest BCUT2D eigenvalue weighted by Crippen LogP contribution is -2.03. The van der Waals surface area contributed by atoms with E-state index in [1.807, 2.05) is 0 Å². The van der Waals surface area contributed by atoms with E-state index < -0.39 is 5.63 Å². The fourth-order valence-electron chi connectivity index (χ4n) is 2.51. The number of furan rings is 1. The molecule has 0 saturated carbocycles. The second-order valence-corrected chi connectivity index (χ2v) is 7.18. The summed E-state index contributed by atoms with van der Waals surface area (Å²) in [6, 6.07) is 10.3. The number of fused-ring (bicyclic) bond motifs is 1. The molecule has 4 rings (SSSR count). The molecule has 0 aliphatic rings. The van der Waals surface area contributed by atoms with Crippen molar-refractivity contribution in [3.63, 3.8) is 0 Å². The summed E-state index contributed by atoms with van der Waals surface area (Å²) in [6.45, 7) is 0. The lowest BCUT2D eigenvalue weighted by molar-refractivity contribution is 0.557. The molecule has 27 heavy (non-hydrogen) atoms. The summed E-state index contributed by atoms with van der Waals surface area (Å²) in [7, 11) is 0. The zero-order chi connectivity index (χ0) is 19.0. The Balaban J connectivity index is 1.80. The Hall–Kier alpha value is -2.85. The van der Waals surface area contributed by atoms with Gasteiger partial charge in [-0.25, -0.2) is 9.78 Å². The molecule has 1 aromatic carbocycles. The fourth-order valence-corrected chi connectivity index (χ4v) is 3.85. The van der Waals surface area contributed by atoms with Gasteiger partial charge in [-0.1, -0.05) is 23.2 Å². The van der Waals surface area contributed by atoms with E-state index in [1.54, 1.807) is 35.7 Å². The second kappa shape index (κ2) is 7.05. The molecule has 132 valence electrons. The number of hydrogen-bond acceptors (Lipinski definition) is 6. The Kier molecular flexibility index (Phi) is 4.58. The number of allylic oxidation sites excluding steroid dienone is 1. The highest BCUT2D eigenvalue weighted by Crippen LogP contribution is 2.31. The molecule has 0 bridgehead atoms. The molecule has 0 aliphatic heterocycles. The third-order valence-corrected chi connectivity index (χ3v) is 5.09. The zero-order valence-corrected chi connectivity index (χ0v) is 15.7. The number of nitriles is 1. The van der Waals surface area contributed by atoms with Gasteiger partial charge in [-0.2, -0.15) is 5.26 Å². The van der Waals surface area contributed by atoms with Crippen molar-refractivity contribution in [2.24, 2.45) is 0 Å². The highest BCUT2D eigenvalue weighted by atomic mass is 35.5. The van der Waals surface area contributed by atoms with Gasteiger partial charge < -0.3 is 8.83 Å². The summed E-state index contributed by atoms with van der Waals surface area (Å²) < 4.78 is 10.6. The minimum Gasteiger partial charge on any atom is -0.465 e. The van der Waals surface area contributed by atoms with Crippen LogP contribution in [-0.4, -0.2) is 4.98 Å². The van der Waals surface area contributed by atoms with Crippen molar-refractivity contribution in [1.82, 2.24) is 4.98 Å². The van der Waals surface area contributed by atoms with E-state index in [4.69, 9.17) is 32.0 Å². The number of aromatic nitrogens is 1. The first-order valence-corrected chi connectivity index (χ1v) is 9.23. The van der Waals surface area contributed by atoms with Gasteiger partial charge >= 0.3 is 5.63 Å². The molecule has 0 unspecified atom stereocenters. The maximum Gasteiger partial charge on any atom is 0.345 e. The largest absolute Gasteiger partial charge is 0.465 e. The first-order chi connectivity index (χ1) is 13.0. The molecular formula is C19H8Cl2N2O3S. The van der Waals surface area contributed by atoms with Gasteiger partial charge in [0.2, 0.25) is 0 Å². The third-order valence-electron chi connectivity index (χ3n) is 3.71. The number of halogens is 2. The standard InChI is InChI=1S/C19H8Cl2N2O3S/c20-12-4-10-6-14(19(24)26-17(10)15(21)7-12)16-9-27-18(23-16)11(8-22)5-13-2-1-3-25-13/h1-7,9H. The first kappa shape index (κ1) is 17.6. The molecule has 0 aliphatic carbocycles. The van der Waals surface area contributed by atoms with E-state index in [9.17, 15) is 10.1 Å². The molecule has 0 N–H and O–H groups in total. The van der Waals surface area contributed by atoms with Gasteiger partial charge in [0.15, 0.2) is 5.58 Å². The highest BCUT2D eigenvalue weighted by Gasteiger charge is 2.15. The van der Waals surface area contributed by atoms with Gasteiger partial charge in [-0.15, -0.1) is 11.3 Å². The van der Waals surface area contributed by atoms with Crippen LogP contribution >= 0.6 is 34.5 Å². The van der Waals surface area contributed by atoms with Gasteiger partial charge in [0.05, 0.1) is 28.1 Å². The summed E-state index contributed by atoms with van der Waals surface area (Å²) in [4.78, 5) is 16.8. The summed E-state index contributed by atoms with van der Waals surface area (Å²) in [5.74, 6) is 0.540. The van der Waals surface area contributed by atoms with Crippen LogP contribution < -0.4 is 5.63 Å². The summed E-state index contributed by atoms with van der Waals surface area (Å²) >= 11 is 13.3. The van der Waals surface area contributed by atoms with E-state index in [0.717, 1.165) is 0 Å². The van der Waals surface area contributed by atoms with Gasteiger partial charge in [0.1, 0.15) is 16.8 Å². The van der Waals surface area contributed by atoms with E-state index in [1.165, 1.54) is 23.7 Å². The predicted octanol–water partition coefficient (Wildman–Crippen LogP) is 5.88. The van der Waals surface area contributed by atoms with Crippen LogP contribution in [-0.2, 0) is 0 Å².